The molecule has 0 spiro atoms. The minimum atomic E-state index is 0.507. The molecule has 1 rings (SSSR count). The zero-order valence-electron chi connectivity index (χ0n) is 8.48. The molecule has 0 atom stereocenters. The molecule has 78 valence electrons. The van der Waals surface area contributed by atoms with Crippen molar-refractivity contribution >= 4 is 28.9 Å². The largest absolute Gasteiger partial charge is 0.382 e. The van der Waals surface area contributed by atoms with Crippen molar-refractivity contribution in [3.63, 3.8) is 0 Å². The van der Waals surface area contributed by atoms with Gasteiger partial charge in [0, 0.05) is 11.7 Å². The summed E-state index contributed by atoms with van der Waals surface area (Å²) in [6.07, 6.45) is 2.22. The molecular weight excluding hydrogens is 217 g/mol. The van der Waals surface area contributed by atoms with Crippen molar-refractivity contribution < 1.29 is 0 Å². The van der Waals surface area contributed by atoms with Crippen molar-refractivity contribution in [2.45, 2.75) is 32.7 Å². The topological polar surface area (TPSA) is 12.0 Å². The van der Waals surface area contributed by atoms with Gasteiger partial charge in [-0.25, -0.2) is 0 Å². The lowest BCUT2D eigenvalue weighted by atomic mass is 10.1. The molecule has 0 aliphatic rings. The summed E-state index contributed by atoms with van der Waals surface area (Å²) in [6, 6.07) is 6.14. The maximum absolute atomic E-state index is 5.91. The predicted molar refractivity (Wildman–Crippen MR) is 64.5 cm³/mol. The number of benzene rings is 1. The first-order valence-corrected chi connectivity index (χ1v) is 5.64. The number of anilines is 1. The van der Waals surface area contributed by atoms with Gasteiger partial charge in [0.15, 0.2) is 0 Å². The Balaban J connectivity index is 2.72. The van der Waals surface area contributed by atoms with Gasteiger partial charge in [0.1, 0.15) is 0 Å². The zero-order chi connectivity index (χ0) is 10.6. The van der Waals surface area contributed by atoms with E-state index in [-0.39, 0.29) is 0 Å². The summed E-state index contributed by atoms with van der Waals surface area (Å²) < 4.78 is 0. The Morgan fingerprint density at radius 3 is 2.29 bits per heavy atom. The van der Waals surface area contributed by atoms with Crippen LogP contribution in [0.5, 0.6) is 0 Å². The molecule has 1 N–H and O–H groups in total. The first kappa shape index (κ1) is 11.7. The number of hydrogen-bond acceptors (Lipinski definition) is 1. The van der Waals surface area contributed by atoms with Crippen LogP contribution >= 0.6 is 23.2 Å². The maximum atomic E-state index is 5.91. The summed E-state index contributed by atoms with van der Waals surface area (Å²) in [4.78, 5) is 0. The molecule has 0 unspecified atom stereocenters. The van der Waals surface area contributed by atoms with E-state index in [4.69, 9.17) is 23.2 Å². The fraction of sp³-hybridized carbons (Fsp3) is 0.455. The number of halogens is 2. The summed E-state index contributed by atoms with van der Waals surface area (Å²) >= 11 is 11.7. The van der Waals surface area contributed by atoms with E-state index in [0.29, 0.717) is 16.1 Å². The van der Waals surface area contributed by atoms with Crippen LogP contribution in [0.4, 0.5) is 5.69 Å². The zero-order valence-corrected chi connectivity index (χ0v) is 9.99. The second-order valence-electron chi connectivity index (χ2n) is 3.29. The Bertz CT molecular complexity index is 295. The third kappa shape index (κ3) is 3.07. The van der Waals surface area contributed by atoms with E-state index in [1.807, 2.05) is 18.2 Å². The van der Waals surface area contributed by atoms with Crippen LogP contribution in [0.2, 0.25) is 10.0 Å². The van der Waals surface area contributed by atoms with Gasteiger partial charge >= 0.3 is 0 Å². The predicted octanol–water partition coefficient (Wildman–Crippen LogP) is 4.59. The molecular formula is C11H15Cl2N. The van der Waals surface area contributed by atoms with Crippen LogP contribution in [0.3, 0.4) is 0 Å². The van der Waals surface area contributed by atoms with Crippen molar-refractivity contribution in [3.05, 3.63) is 28.2 Å². The Hall–Kier alpha value is -0.400. The van der Waals surface area contributed by atoms with E-state index in [9.17, 15) is 0 Å². The van der Waals surface area contributed by atoms with E-state index < -0.39 is 0 Å². The lowest BCUT2D eigenvalue weighted by molar-refractivity contribution is 0.672. The highest BCUT2D eigenvalue weighted by molar-refractivity contribution is 6.42. The molecule has 0 fully saturated rings. The molecule has 0 aliphatic heterocycles. The molecule has 1 nitrogen and oxygen atoms in total. The molecule has 0 aromatic heterocycles. The smallest absolute Gasteiger partial charge is 0.0612 e. The van der Waals surface area contributed by atoms with E-state index in [1.54, 1.807) is 0 Å². The first-order valence-electron chi connectivity index (χ1n) is 4.89. The summed E-state index contributed by atoms with van der Waals surface area (Å²) in [5, 5.41) is 4.60. The van der Waals surface area contributed by atoms with Gasteiger partial charge < -0.3 is 5.32 Å². The molecule has 1 aromatic carbocycles. The molecule has 3 heteroatoms. The standard InChI is InChI=1S/C11H15Cl2N/c1-3-8(4-2)14-9-5-6-10(12)11(13)7-9/h5-8,14H,3-4H2,1-2H3. The van der Waals surface area contributed by atoms with Crippen LogP contribution in [-0.2, 0) is 0 Å². The third-order valence-electron chi connectivity index (χ3n) is 2.28. The summed E-state index contributed by atoms with van der Waals surface area (Å²) in [7, 11) is 0. The molecule has 0 bridgehead atoms. The van der Waals surface area contributed by atoms with Gasteiger partial charge in [-0.2, -0.15) is 0 Å². The minimum Gasteiger partial charge on any atom is -0.382 e. The second-order valence-corrected chi connectivity index (χ2v) is 4.10. The van der Waals surface area contributed by atoms with Gasteiger partial charge in [0.25, 0.3) is 0 Å². The number of rotatable bonds is 4. The molecule has 0 saturated heterocycles. The molecule has 14 heavy (non-hydrogen) atoms. The maximum Gasteiger partial charge on any atom is 0.0612 e. The van der Waals surface area contributed by atoms with E-state index in [1.165, 1.54) is 0 Å². The second kappa shape index (κ2) is 5.47. The van der Waals surface area contributed by atoms with E-state index in [2.05, 4.69) is 19.2 Å². The summed E-state index contributed by atoms with van der Waals surface area (Å²) in [5.41, 5.74) is 1.04. The Labute approximate surface area is 95.4 Å². The highest BCUT2D eigenvalue weighted by atomic mass is 35.5. The molecule has 0 aliphatic carbocycles. The van der Waals surface area contributed by atoms with Gasteiger partial charge in [-0.05, 0) is 31.0 Å². The van der Waals surface area contributed by atoms with Crippen LogP contribution in [0, 0.1) is 0 Å². The van der Waals surface area contributed by atoms with Crippen molar-refractivity contribution in [1.82, 2.24) is 0 Å². The average Bonchev–Trinajstić information content (AvgIpc) is 2.19. The van der Waals surface area contributed by atoms with Gasteiger partial charge in [-0.15, -0.1) is 0 Å². The van der Waals surface area contributed by atoms with E-state index >= 15 is 0 Å². The van der Waals surface area contributed by atoms with Gasteiger partial charge in [-0.3, -0.25) is 0 Å². The third-order valence-corrected chi connectivity index (χ3v) is 3.02. The fourth-order valence-electron chi connectivity index (χ4n) is 1.31. The first-order chi connectivity index (χ1) is 6.67. The Morgan fingerprint density at radius 1 is 1.14 bits per heavy atom. The Kier molecular flexibility index (Phi) is 4.56. The van der Waals surface area contributed by atoms with E-state index in [0.717, 1.165) is 18.5 Å². The lowest BCUT2D eigenvalue weighted by Crippen LogP contribution is -2.16. The molecule has 1 aromatic rings. The van der Waals surface area contributed by atoms with Crippen LogP contribution in [0.1, 0.15) is 26.7 Å². The highest BCUT2D eigenvalue weighted by Gasteiger charge is 2.04. The number of nitrogens with one attached hydrogen (secondary N) is 1. The van der Waals surface area contributed by atoms with Crippen molar-refractivity contribution in [1.29, 1.82) is 0 Å². The highest BCUT2D eigenvalue weighted by Crippen LogP contribution is 2.25. The molecule has 0 amide bonds. The number of hydrogen-bond donors (Lipinski definition) is 1. The molecule has 0 radical (unpaired) electrons. The molecule has 0 saturated carbocycles. The van der Waals surface area contributed by atoms with Crippen molar-refractivity contribution in [2.75, 3.05) is 5.32 Å². The Morgan fingerprint density at radius 2 is 1.79 bits per heavy atom. The van der Waals surface area contributed by atoms with Crippen molar-refractivity contribution in [2.24, 2.45) is 0 Å². The lowest BCUT2D eigenvalue weighted by Gasteiger charge is -2.16. The van der Waals surface area contributed by atoms with Crippen LogP contribution in [0.15, 0.2) is 18.2 Å². The normalized spacial score (nSPS) is 10.6. The fourth-order valence-corrected chi connectivity index (χ4v) is 1.61. The van der Waals surface area contributed by atoms with Gasteiger partial charge in [0.2, 0.25) is 0 Å². The van der Waals surface area contributed by atoms with Crippen molar-refractivity contribution in [3.8, 4) is 0 Å². The van der Waals surface area contributed by atoms with Crippen LogP contribution in [0.25, 0.3) is 0 Å². The SMILES string of the molecule is CCC(CC)Nc1ccc(Cl)c(Cl)c1. The monoisotopic (exact) mass is 231 g/mol. The summed E-state index contributed by atoms with van der Waals surface area (Å²) in [6.45, 7) is 4.33. The summed E-state index contributed by atoms with van der Waals surface area (Å²) in [5.74, 6) is 0. The van der Waals surface area contributed by atoms with Gasteiger partial charge in [-0.1, -0.05) is 37.0 Å². The average molecular weight is 232 g/mol. The van der Waals surface area contributed by atoms with Crippen LogP contribution in [-0.4, -0.2) is 6.04 Å². The molecule has 0 heterocycles. The van der Waals surface area contributed by atoms with Gasteiger partial charge in [0.05, 0.1) is 10.0 Å². The quantitative estimate of drug-likeness (QED) is 0.800. The minimum absolute atomic E-state index is 0.507. The van der Waals surface area contributed by atoms with Crippen LogP contribution < -0.4 is 5.32 Å².